The molecule has 0 amide bonds. The van der Waals surface area contributed by atoms with Crippen molar-refractivity contribution in [3.63, 3.8) is 0 Å². The third kappa shape index (κ3) is 2.83. The molecular weight excluding hydrogens is 295 g/mol. The van der Waals surface area contributed by atoms with Crippen molar-refractivity contribution >= 4 is 8.07 Å². The molecule has 18 heavy (non-hydrogen) atoms. The third-order valence-corrected chi connectivity index (χ3v) is 3.47. The number of halogens is 9. The fourth-order valence-electron chi connectivity index (χ4n) is 0.890. The van der Waals surface area contributed by atoms with Gasteiger partial charge >= 0.3 is 18.0 Å². The first-order valence-electron chi connectivity index (χ1n) is 4.45. The Labute approximate surface area is 97.5 Å². The van der Waals surface area contributed by atoms with Gasteiger partial charge in [0.25, 0.3) is 0 Å². The van der Waals surface area contributed by atoms with Crippen molar-refractivity contribution in [2.75, 3.05) is 0 Å². The summed E-state index contributed by atoms with van der Waals surface area (Å²) in [4.78, 5) is 0. The average molecular weight is 304 g/mol. The van der Waals surface area contributed by atoms with E-state index in [4.69, 9.17) is 0 Å². The van der Waals surface area contributed by atoms with Gasteiger partial charge in [0, 0.05) is 0 Å². The van der Waals surface area contributed by atoms with Crippen molar-refractivity contribution in [2.24, 2.45) is 0 Å². The predicted molar refractivity (Wildman–Crippen MR) is 48.5 cm³/mol. The van der Waals surface area contributed by atoms with E-state index in [0.717, 1.165) is 19.6 Å². The topological polar surface area (TPSA) is 0 Å². The van der Waals surface area contributed by atoms with Crippen LogP contribution in [0, 0.1) is 0 Å². The zero-order valence-corrected chi connectivity index (χ0v) is 10.4. The molecular formula is C8H9F9Si. The summed E-state index contributed by atoms with van der Waals surface area (Å²) in [5.41, 5.74) is -8.62. The molecule has 0 rings (SSSR count). The molecule has 0 aromatic carbocycles. The lowest BCUT2D eigenvalue weighted by Crippen LogP contribution is -2.54. The molecule has 0 saturated carbocycles. The number of rotatable bonds is 2. The van der Waals surface area contributed by atoms with Crippen LogP contribution in [0.25, 0.3) is 0 Å². The molecule has 0 fully saturated rings. The second-order valence-corrected chi connectivity index (χ2v) is 9.47. The quantitative estimate of drug-likeness (QED) is 0.505. The van der Waals surface area contributed by atoms with Crippen molar-refractivity contribution in [1.29, 1.82) is 0 Å². The molecule has 10 heteroatoms. The Morgan fingerprint density at radius 1 is 0.722 bits per heavy atom. The van der Waals surface area contributed by atoms with E-state index in [1.165, 1.54) is 0 Å². The van der Waals surface area contributed by atoms with Crippen molar-refractivity contribution in [3.8, 4) is 0 Å². The van der Waals surface area contributed by atoms with Crippen LogP contribution < -0.4 is 0 Å². The minimum atomic E-state index is -6.63. The summed E-state index contributed by atoms with van der Waals surface area (Å²) in [6.07, 6.45) is -13.3. The van der Waals surface area contributed by atoms with Gasteiger partial charge in [-0.1, -0.05) is 19.6 Å². The van der Waals surface area contributed by atoms with Crippen LogP contribution in [0.2, 0.25) is 19.6 Å². The molecule has 108 valence electrons. The molecule has 0 aliphatic heterocycles. The highest BCUT2D eigenvalue weighted by Gasteiger charge is 2.76. The van der Waals surface area contributed by atoms with Gasteiger partial charge in [-0.3, -0.25) is 0 Å². The maximum absolute atomic E-state index is 13.2. The molecule has 0 heterocycles. The summed E-state index contributed by atoms with van der Waals surface area (Å²) in [6, 6.07) is 0. The van der Waals surface area contributed by atoms with Gasteiger partial charge in [-0.2, -0.15) is 26.3 Å². The van der Waals surface area contributed by atoms with E-state index in [1.807, 2.05) is 0 Å². The first-order valence-corrected chi connectivity index (χ1v) is 7.95. The Hall–Kier alpha value is -0.673. The lowest BCUT2D eigenvalue weighted by molar-refractivity contribution is -0.331. The van der Waals surface area contributed by atoms with Crippen LogP contribution in [-0.4, -0.2) is 26.1 Å². The number of alkyl halides is 7. The molecule has 0 radical (unpaired) electrons. The Morgan fingerprint density at radius 3 is 1.17 bits per heavy atom. The van der Waals surface area contributed by atoms with E-state index in [0.29, 0.717) is 0 Å². The molecule has 0 aliphatic rings. The second-order valence-electron chi connectivity index (χ2n) is 4.53. The average Bonchev–Trinajstić information content (AvgIpc) is 2.08. The fourth-order valence-corrected chi connectivity index (χ4v) is 1.72. The molecule has 0 saturated heterocycles. The van der Waals surface area contributed by atoms with Gasteiger partial charge in [0.2, 0.25) is 0 Å². The maximum Gasteiger partial charge on any atom is 0.438 e. The predicted octanol–water partition coefficient (Wildman–Crippen LogP) is 4.85. The molecule has 0 aliphatic carbocycles. The van der Waals surface area contributed by atoms with Gasteiger partial charge in [0.15, 0.2) is 5.83 Å². The standard InChI is InChI=1S/C8H9F9Si/c1-18(2,3)5(10)4(9)6(11,7(12,13)14)8(15,16)17/h1-3H3/b5-4-. The lowest BCUT2D eigenvalue weighted by atomic mass is 10.0. The van der Waals surface area contributed by atoms with Crippen LogP contribution in [0.1, 0.15) is 0 Å². The molecule has 0 unspecified atom stereocenters. The van der Waals surface area contributed by atoms with Crippen molar-refractivity contribution in [2.45, 2.75) is 37.7 Å². The Morgan fingerprint density at radius 2 is 1.00 bits per heavy atom. The SMILES string of the molecule is C[Si](C)(C)/C(F)=C(\F)C(F)(C(F)(F)F)C(F)(F)F. The maximum atomic E-state index is 13.2. The van der Waals surface area contributed by atoms with Crippen molar-refractivity contribution in [1.82, 2.24) is 0 Å². The summed E-state index contributed by atoms with van der Waals surface area (Å²) in [7, 11) is -3.49. The highest BCUT2D eigenvalue weighted by molar-refractivity contribution is 6.82. The number of allylic oxidation sites excluding steroid dienone is 1. The van der Waals surface area contributed by atoms with Gasteiger partial charge in [-0.05, 0) is 0 Å². The fraction of sp³-hybridized carbons (Fsp3) is 0.750. The molecule has 0 atom stereocenters. The molecule has 0 spiro atoms. The summed E-state index contributed by atoms with van der Waals surface area (Å²) in [6.45, 7) is 2.82. The van der Waals surface area contributed by atoms with Crippen LogP contribution in [0.5, 0.6) is 0 Å². The molecule has 0 aromatic heterocycles. The first-order chi connectivity index (χ1) is 7.57. The Bertz CT molecular complexity index is 329. The minimum absolute atomic E-state index is 0.940. The summed E-state index contributed by atoms with van der Waals surface area (Å²) in [5, 5.41) is 0. The smallest absolute Gasteiger partial charge is 0.215 e. The van der Waals surface area contributed by atoms with E-state index in [1.54, 1.807) is 0 Å². The van der Waals surface area contributed by atoms with E-state index < -0.39 is 37.4 Å². The van der Waals surface area contributed by atoms with Crippen LogP contribution in [0.3, 0.4) is 0 Å². The monoisotopic (exact) mass is 304 g/mol. The zero-order chi connectivity index (χ0) is 15.2. The third-order valence-electron chi connectivity index (χ3n) is 1.93. The zero-order valence-electron chi connectivity index (χ0n) is 9.40. The first kappa shape index (κ1) is 17.3. The van der Waals surface area contributed by atoms with E-state index in [9.17, 15) is 39.5 Å². The summed E-state index contributed by atoms with van der Waals surface area (Å²) < 4.78 is 112. The minimum Gasteiger partial charge on any atom is -0.215 e. The summed E-state index contributed by atoms with van der Waals surface area (Å²) >= 11 is 0. The highest BCUT2D eigenvalue weighted by atomic mass is 28.3. The Kier molecular flexibility index (Phi) is 4.29. The van der Waals surface area contributed by atoms with Crippen LogP contribution in [0.4, 0.5) is 39.5 Å². The van der Waals surface area contributed by atoms with Gasteiger partial charge in [0.05, 0.1) is 0 Å². The number of hydrogen-bond acceptors (Lipinski definition) is 0. The molecule has 0 nitrogen and oxygen atoms in total. The van der Waals surface area contributed by atoms with Gasteiger partial charge in [-0.15, -0.1) is 0 Å². The van der Waals surface area contributed by atoms with Gasteiger partial charge < -0.3 is 0 Å². The van der Waals surface area contributed by atoms with Gasteiger partial charge in [0.1, 0.15) is 13.5 Å². The van der Waals surface area contributed by atoms with Crippen molar-refractivity contribution < 1.29 is 39.5 Å². The normalized spacial score (nSPS) is 16.7. The van der Waals surface area contributed by atoms with Crippen LogP contribution in [0.15, 0.2) is 11.3 Å². The molecule has 0 bridgehead atoms. The van der Waals surface area contributed by atoms with E-state index in [2.05, 4.69) is 0 Å². The van der Waals surface area contributed by atoms with Crippen molar-refractivity contribution in [3.05, 3.63) is 11.3 Å². The highest BCUT2D eigenvalue weighted by Crippen LogP contribution is 2.52. The molecule has 0 N–H and O–H groups in total. The van der Waals surface area contributed by atoms with Crippen LogP contribution >= 0.6 is 0 Å². The second kappa shape index (κ2) is 4.46. The summed E-state index contributed by atoms with van der Waals surface area (Å²) in [5.74, 6) is -3.46. The molecule has 0 aromatic rings. The van der Waals surface area contributed by atoms with E-state index >= 15 is 0 Å². The number of hydrogen-bond donors (Lipinski definition) is 0. The largest absolute Gasteiger partial charge is 0.438 e. The van der Waals surface area contributed by atoms with Gasteiger partial charge in [-0.25, -0.2) is 13.2 Å². The van der Waals surface area contributed by atoms with Crippen LogP contribution in [-0.2, 0) is 0 Å². The Balaban J connectivity index is 6.13. The van der Waals surface area contributed by atoms with E-state index in [-0.39, 0.29) is 0 Å². The lowest BCUT2D eigenvalue weighted by Gasteiger charge is -2.30.